The molecular weight excluding hydrogens is 144 g/mol. The SMILES string of the molecule is Cc1cn[nH]c1C#CC(=O)O. The first-order valence-electron chi connectivity index (χ1n) is 2.95. The Morgan fingerprint density at radius 2 is 2.55 bits per heavy atom. The second-order valence-electron chi connectivity index (χ2n) is 1.98. The molecule has 0 saturated heterocycles. The van der Waals surface area contributed by atoms with E-state index in [2.05, 4.69) is 16.1 Å². The van der Waals surface area contributed by atoms with Gasteiger partial charge in [0, 0.05) is 11.5 Å². The molecule has 0 aliphatic carbocycles. The molecule has 0 bridgehead atoms. The van der Waals surface area contributed by atoms with Crippen molar-refractivity contribution in [1.82, 2.24) is 10.2 Å². The van der Waals surface area contributed by atoms with Crippen LogP contribution in [0.25, 0.3) is 0 Å². The summed E-state index contributed by atoms with van der Waals surface area (Å²) in [5.41, 5.74) is 1.39. The first-order chi connectivity index (χ1) is 5.20. The zero-order valence-electron chi connectivity index (χ0n) is 5.88. The zero-order valence-corrected chi connectivity index (χ0v) is 5.88. The molecule has 2 N–H and O–H groups in total. The van der Waals surface area contributed by atoms with E-state index in [0.29, 0.717) is 5.69 Å². The summed E-state index contributed by atoms with van der Waals surface area (Å²) in [5, 5.41) is 14.4. The standard InChI is InChI=1S/C7H6N2O2/c1-5-4-8-9-6(5)2-3-7(10)11/h4H,1H3,(H,8,9)(H,10,11). The van der Waals surface area contributed by atoms with E-state index in [4.69, 9.17) is 5.11 Å². The van der Waals surface area contributed by atoms with E-state index in [1.54, 1.807) is 13.1 Å². The molecule has 11 heavy (non-hydrogen) atoms. The lowest BCUT2D eigenvalue weighted by Gasteiger charge is -1.80. The first kappa shape index (κ1) is 7.35. The van der Waals surface area contributed by atoms with Crippen LogP contribution in [-0.4, -0.2) is 21.3 Å². The molecule has 0 spiro atoms. The van der Waals surface area contributed by atoms with E-state index in [9.17, 15) is 4.79 Å². The minimum atomic E-state index is -1.14. The summed E-state index contributed by atoms with van der Waals surface area (Å²) in [5.74, 6) is 3.27. The van der Waals surface area contributed by atoms with Crippen LogP contribution >= 0.6 is 0 Å². The Hall–Kier alpha value is -1.76. The third-order valence-corrected chi connectivity index (χ3v) is 1.12. The Morgan fingerprint density at radius 3 is 3.00 bits per heavy atom. The monoisotopic (exact) mass is 150 g/mol. The van der Waals surface area contributed by atoms with E-state index >= 15 is 0 Å². The highest BCUT2D eigenvalue weighted by Crippen LogP contribution is 1.98. The molecule has 1 aromatic heterocycles. The quantitative estimate of drug-likeness (QED) is 0.517. The number of hydrogen-bond acceptors (Lipinski definition) is 2. The van der Waals surface area contributed by atoms with Crippen LogP contribution in [-0.2, 0) is 4.79 Å². The van der Waals surface area contributed by atoms with E-state index < -0.39 is 5.97 Å². The summed E-state index contributed by atoms with van der Waals surface area (Å²) >= 11 is 0. The molecule has 0 amide bonds. The molecule has 4 nitrogen and oxygen atoms in total. The van der Waals surface area contributed by atoms with E-state index in [1.807, 2.05) is 5.92 Å². The first-order valence-corrected chi connectivity index (χ1v) is 2.95. The minimum Gasteiger partial charge on any atom is -0.472 e. The molecule has 0 unspecified atom stereocenters. The number of nitrogens with one attached hydrogen (secondary N) is 1. The largest absolute Gasteiger partial charge is 0.472 e. The van der Waals surface area contributed by atoms with Gasteiger partial charge in [-0.3, -0.25) is 5.10 Å². The maximum atomic E-state index is 10.00. The van der Waals surface area contributed by atoms with Crippen LogP contribution in [0, 0.1) is 18.8 Å². The van der Waals surface area contributed by atoms with Crippen molar-refractivity contribution in [1.29, 1.82) is 0 Å². The fourth-order valence-electron chi connectivity index (χ4n) is 0.589. The van der Waals surface area contributed by atoms with Gasteiger partial charge in [0.2, 0.25) is 0 Å². The molecule has 0 aromatic carbocycles. The van der Waals surface area contributed by atoms with Gasteiger partial charge in [0.1, 0.15) is 5.69 Å². The highest BCUT2D eigenvalue weighted by Gasteiger charge is 1.94. The predicted octanol–water partition coefficient (Wildman–Crippen LogP) is 0.154. The van der Waals surface area contributed by atoms with Crippen molar-refractivity contribution in [2.45, 2.75) is 6.92 Å². The van der Waals surface area contributed by atoms with E-state index in [0.717, 1.165) is 5.56 Å². The average Bonchev–Trinajstić information content (AvgIpc) is 2.31. The average molecular weight is 150 g/mol. The maximum Gasteiger partial charge on any atom is 0.382 e. The lowest BCUT2D eigenvalue weighted by atomic mass is 10.3. The number of carbonyl (C=O) groups is 1. The summed E-state index contributed by atoms with van der Waals surface area (Å²) < 4.78 is 0. The van der Waals surface area contributed by atoms with Gasteiger partial charge in [-0.25, -0.2) is 4.79 Å². The number of aromatic amines is 1. The molecule has 0 aliphatic rings. The van der Waals surface area contributed by atoms with Crippen LogP contribution in [0.5, 0.6) is 0 Å². The molecule has 1 heterocycles. The minimum absolute atomic E-state index is 0.549. The number of H-pyrrole nitrogens is 1. The summed E-state index contributed by atoms with van der Waals surface area (Å²) in [7, 11) is 0. The van der Waals surface area contributed by atoms with E-state index in [1.165, 1.54) is 0 Å². The lowest BCUT2D eigenvalue weighted by molar-refractivity contribution is -0.130. The van der Waals surface area contributed by atoms with Crippen LogP contribution in [0.2, 0.25) is 0 Å². The Balaban J connectivity index is 2.90. The second kappa shape index (κ2) is 2.88. The number of nitrogens with zero attached hydrogens (tertiary/aromatic N) is 1. The second-order valence-corrected chi connectivity index (χ2v) is 1.98. The molecule has 0 saturated carbocycles. The van der Waals surface area contributed by atoms with Crippen LogP contribution in [0.1, 0.15) is 11.3 Å². The number of aromatic nitrogens is 2. The van der Waals surface area contributed by atoms with Crippen LogP contribution < -0.4 is 0 Å². The number of hydrogen-bond donors (Lipinski definition) is 2. The normalized spacial score (nSPS) is 8.45. The fraction of sp³-hybridized carbons (Fsp3) is 0.143. The number of aryl methyl sites for hydroxylation is 1. The Labute approximate surface area is 63.2 Å². The summed E-state index contributed by atoms with van der Waals surface area (Å²) in [6.07, 6.45) is 1.59. The summed E-state index contributed by atoms with van der Waals surface area (Å²) in [6.45, 7) is 1.80. The van der Waals surface area contributed by atoms with Gasteiger partial charge in [-0.15, -0.1) is 0 Å². The van der Waals surface area contributed by atoms with Gasteiger partial charge >= 0.3 is 5.97 Å². The van der Waals surface area contributed by atoms with Crippen LogP contribution in [0.15, 0.2) is 6.20 Å². The van der Waals surface area contributed by atoms with Crippen molar-refractivity contribution in [3.05, 3.63) is 17.5 Å². The van der Waals surface area contributed by atoms with Crippen LogP contribution in [0.3, 0.4) is 0 Å². The van der Waals surface area contributed by atoms with Crippen molar-refractivity contribution in [2.24, 2.45) is 0 Å². The molecule has 1 rings (SSSR count). The van der Waals surface area contributed by atoms with Gasteiger partial charge < -0.3 is 5.11 Å². The third-order valence-electron chi connectivity index (χ3n) is 1.12. The highest BCUT2D eigenvalue weighted by molar-refractivity contribution is 5.87. The van der Waals surface area contributed by atoms with Gasteiger partial charge in [0.15, 0.2) is 0 Å². The van der Waals surface area contributed by atoms with Crippen molar-refractivity contribution in [2.75, 3.05) is 0 Å². The zero-order chi connectivity index (χ0) is 8.27. The molecule has 0 fully saturated rings. The molecule has 0 atom stereocenters. The topological polar surface area (TPSA) is 66.0 Å². The van der Waals surface area contributed by atoms with Gasteiger partial charge in [-0.2, -0.15) is 5.10 Å². The van der Waals surface area contributed by atoms with Gasteiger partial charge in [-0.05, 0) is 12.8 Å². The number of carboxylic acids is 1. The fourth-order valence-corrected chi connectivity index (χ4v) is 0.589. The Morgan fingerprint density at radius 1 is 1.82 bits per heavy atom. The summed E-state index contributed by atoms with van der Waals surface area (Å²) in [6, 6.07) is 0. The maximum absolute atomic E-state index is 10.00. The molecule has 56 valence electrons. The van der Waals surface area contributed by atoms with Crippen molar-refractivity contribution < 1.29 is 9.90 Å². The third kappa shape index (κ3) is 1.83. The van der Waals surface area contributed by atoms with Crippen LogP contribution in [0.4, 0.5) is 0 Å². The van der Waals surface area contributed by atoms with Crippen molar-refractivity contribution in [3.8, 4) is 11.8 Å². The molecule has 1 aromatic rings. The summed E-state index contributed by atoms with van der Waals surface area (Å²) in [4.78, 5) is 10.00. The number of aliphatic carboxylic acids is 1. The highest BCUT2D eigenvalue weighted by atomic mass is 16.4. The molecule has 0 radical (unpaired) electrons. The van der Waals surface area contributed by atoms with Crippen molar-refractivity contribution >= 4 is 5.97 Å². The molecular formula is C7H6N2O2. The van der Waals surface area contributed by atoms with E-state index in [-0.39, 0.29) is 0 Å². The van der Waals surface area contributed by atoms with Gasteiger partial charge in [0.25, 0.3) is 0 Å². The van der Waals surface area contributed by atoms with Gasteiger partial charge in [-0.1, -0.05) is 0 Å². The molecule has 4 heteroatoms. The smallest absolute Gasteiger partial charge is 0.382 e. The Bertz CT molecular complexity index is 330. The lowest BCUT2D eigenvalue weighted by Crippen LogP contribution is -1.87. The molecule has 0 aliphatic heterocycles. The van der Waals surface area contributed by atoms with Crippen molar-refractivity contribution in [3.63, 3.8) is 0 Å². The van der Waals surface area contributed by atoms with Gasteiger partial charge in [0.05, 0.1) is 6.20 Å². The number of carboxylic acid groups (broad SMARTS) is 1. The predicted molar refractivity (Wildman–Crippen MR) is 37.8 cm³/mol. The number of rotatable bonds is 0. The Kier molecular flexibility index (Phi) is 1.93.